The minimum absolute atomic E-state index is 0.313. The quantitative estimate of drug-likeness (QED) is 0.362. The van der Waals surface area contributed by atoms with Gasteiger partial charge in [0.05, 0.1) is 31.3 Å². The average molecular weight is 538 g/mol. The van der Waals surface area contributed by atoms with Crippen molar-refractivity contribution in [3.63, 3.8) is 0 Å². The SMILES string of the molecule is CC(Oc1c(Cl)cc(C(C)(C)c2cc(Cl)c(OC(C)C(C)(C)O)c(Cl)c2)cc1Cl)C(C)(C)O. The summed E-state index contributed by atoms with van der Waals surface area (Å²) in [5, 5.41) is 21.7. The summed E-state index contributed by atoms with van der Waals surface area (Å²) in [5.41, 5.74) is -1.05. The molecule has 0 bridgehead atoms. The molecule has 2 N–H and O–H groups in total. The normalized spacial score (nSPS) is 14.7. The molecule has 0 aromatic heterocycles. The van der Waals surface area contributed by atoms with Gasteiger partial charge in [-0.2, -0.15) is 0 Å². The highest BCUT2D eigenvalue weighted by atomic mass is 35.5. The van der Waals surface area contributed by atoms with Crippen LogP contribution in [0.2, 0.25) is 20.1 Å². The Bertz CT molecular complexity index is 881. The van der Waals surface area contributed by atoms with Crippen molar-refractivity contribution < 1.29 is 19.7 Å². The van der Waals surface area contributed by atoms with Crippen molar-refractivity contribution in [2.24, 2.45) is 0 Å². The molecule has 2 rings (SSSR count). The summed E-state index contributed by atoms with van der Waals surface area (Å²) in [6.07, 6.45) is -1.05. The molecule has 4 nitrogen and oxygen atoms in total. The first-order valence-electron chi connectivity index (χ1n) is 10.6. The van der Waals surface area contributed by atoms with Crippen LogP contribution in [0, 0.1) is 0 Å². The highest BCUT2D eigenvalue weighted by molar-refractivity contribution is 6.38. The van der Waals surface area contributed by atoms with E-state index >= 15 is 0 Å². The Balaban J connectivity index is 2.44. The molecular weight excluding hydrogens is 506 g/mol. The van der Waals surface area contributed by atoms with E-state index in [-0.39, 0.29) is 0 Å². The molecule has 0 fully saturated rings. The Labute approximate surface area is 216 Å². The molecular formula is C25H32Cl4O4. The van der Waals surface area contributed by atoms with E-state index in [1.165, 1.54) is 0 Å². The Hall–Kier alpha value is -0.880. The number of aliphatic hydroxyl groups is 2. The van der Waals surface area contributed by atoms with E-state index in [9.17, 15) is 10.2 Å². The third-order valence-electron chi connectivity index (χ3n) is 6.02. The first-order chi connectivity index (χ1) is 14.9. The molecule has 0 aliphatic rings. The molecule has 184 valence electrons. The van der Waals surface area contributed by atoms with Crippen molar-refractivity contribution in [3.8, 4) is 11.5 Å². The summed E-state index contributed by atoms with van der Waals surface area (Å²) in [7, 11) is 0. The predicted octanol–water partition coefficient (Wildman–Crippen LogP) is 7.70. The number of halogens is 4. The van der Waals surface area contributed by atoms with E-state index in [2.05, 4.69) is 0 Å². The summed E-state index contributed by atoms with van der Waals surface area (Å²) in [4.78, 5) is 0. The Morgan fingerprint density at radius 2 is 0.848 bits per heavy atom. The van der Waals surface area contributed by atoms with Crippen LogP contribution in [-0.4, -0.2) is 33.6 Å². The molecule has 2 aromatic carbocycles. The van der Waals surface area contributed by atoms with Gasteiger partial charge in [-0.25, -0.2) is 0 Å². The van der Waals surface area contributed by atoms with Gasteiger partial charge in [0.15, 0.2) is 11.5 Å². The smallest absolute Gasteiger partial charge is 0.157 e. The van der Waals surface area contributed by atoms with Crippen LogP contribution in [0.15, 0.2) is 24.3 Å². The summed E-state index contributed by atoms with van der Waals surface area (Å²) in [5.74, 6) is 0.626. The van der Waals surface area contributed by atoms with Crippen LogP contribution >= 0.6 is 46.4 Å². The van der Waals surface area contributed by atoms with Crippen LogP contribution in [0.1, 0.15) is 66.5 Å². The van der Waals surface area contributed by atoms with Gasteiger partial charge in [-0.1, -0.05) is 60.3 Å². The van der Waals surface area contributed by atoms with Crippen LogP contribution in [0.4, 0.5) is 0 Å². The molecule has 0 saturated carbocycles. The summed E-state index contributed by atoms with van der Waals surface area (Å²) >= 11 is 26.1. The second-order valence-electron chi connectivity index (χ2n) is 9.99. The zero-order valence-corrected chi connectivity index (χ0v) is 23.2. The molecule has 2 aromatic rings. The van der Waals surface area contributed by atoms with E-state index in [1.807, 2.05) is 13.8 Å². The van der Waals surface area contributed by atoms with Crippen LogP contribution in [-0.2, 0) is 5.41 Å². The largest absolute Gasteiger partial charge is 0.485 e. The summed E-state index contributed by atoms with van der Waals surface area (Å²) in [6, 6.07) is 7.12. The van der Waals surface area contributed by atoms with E-state index in [4.69, 9.17) is 55.9 Å². The maximum Gasteiger partial charge on any atom is 0.157 e. The lowest BCUT2D eigenvalue weighted by Crippen LogP contribution is -2.38. The van der Waals surface area contributed by atoms with Crippen LogP contribution in [0.5, 0.6) is 11.5 Å². The summed E-state index contributed by atoms with van der Waals surface area (Å²) in [6.45, 7) is 14.1. The number of benzene rings is 2. The molecule has 0 radical (unpaired) electrons. The number of hydrogen-bond donors (Lipinski definition) is 2. The monoisotopic (exact) mass is 536 g/mol. The van der Waals surface area contributed by atoms with E-state index in [1.54, 1.807) is 65.8 Å². The van der Waals surface area contributed by atoms with Crippen LogP contribution in [0.3, 0.4) is 0 Å². The maximum absolute atomic E-state index is 10.2. The van der Waals surface area contributed by atoms with E-state index in [0.717, 1.165) is 11.1 Å². The van der Waals surface area contributed by atoms with Crippen molar-refractivity contribution in [1.82, 2.24) is 0 Å². The number of ether oxygens (including phenoxy) is 2. The minimum Gasteiger partial charge on any atom is -0.485 e. The minimum atomic E-state index is -1.06. The van der Waals surface area contributed by atoms with Crippen LogP contribution in [0.25, 0.3) is 0 Å². The Morgan fingerprint density at radius 3 is 1.06 bits per heavy atom. The molecule has 0 amide bonds. The van der Waals surface area contributed by atoms with Gasteiger partial charge in [-0.15, -0.1) is 0 Å². The molecule has 0 heterocycles. The van der Waals surface area contributed by atoms with E-state index < -0.39 is 28.8 Å². The second kappa shape index (κ2) is 10.0. The van der Waals surface area contributed by atoms with Gasteiger partial charge in [-0.3, -0.25) is 0 Å². The van der Waals surface area contributed by atoms with Gasteiger partial charge >= 0.3 is 0 Å². The molecule has 2 unspecified atom stereocenters. The third-order valence-corrected chi connectivity index (χ3v) is 7.14. The lowest BCUT2D eigenvalue weighted by Gasteiger charge is -2.31. The lowest BCUT2D eigenvalue weighted by molar-refractivity contribution is -0.0241. The molecule has 2 atom stereocenters. The fraction of sp³-hybridized carbons (Fsp3) is 0.520. The number of rotatable bonds is 8. The van der Waals surface area contributed by atoms with Gasteiger partial charge in [0.25, 0.3) is 0 Å². The zero-order chi connectivity index (χ0) is 25.5. The second-order valence-corrected chi connectivity index (χ2v) is 11.6. The summed E-state index contributed by atoms with van der Waals surface area (Å²) < 4.78 is 11.7. The fourth-order valence-electron chi connectivity index (χ4n) is 2.88. The highest BCUT2D eigenvalue weighted by Crippen LogP contribution is 2.44. The van der Waals surface area contributed by atoms with Crippen molar-refractivity contribution >= 4 is 46.4 Å². The van der Waals surface area contributed by atoms with Gasteiger partial charge < -0.3 is 19.7 Å². The standard InChI is InChI=1S/C25H32Cl4O4/c1-13(24(5,6)30)32-21-17(26)9-15(10-18(21)27)23(3,4)16-11-19(28)22(20(29)12-16)33-14(2)25(7,8)31/h9-14,30-31H,1-8H3. The first-order valence-corrected chi connectivity index (χ1v) is 12.1. The first kappa shape index (κ1) is 28.4. The molecule has 0 aliphatic carbocycles. The Kier molecular flexibility index (Phi) is 8.60. The maximum atomic E-state index is 10.2. The molecule has 33 heavy (non-hydrogen) atoms. The Morgan fingerprint density at radius 1 is 0.606 bits per heavy atom. The molecule has 0 saturated heterocycles. The number of hydrogen-bond acceptors (Lipinski definition) is 4. The van der Waals surface area contributed by atoms with Crippen molar-refractivity contribution in [2.75, 3.05) is 0 Å². The lowest BCUT2D eigenvalue weighted by atomic mass is 9.78. The zero-order valence-electron chi connectivity index (χ0n) is 20.2. The van der Waals surface area contributed by atoms with Gasteiger partial charge in [0.2, 0.25) is 0 Å². The fourth-order valence-corrected chi connectivity index (χ4v) is 4.03. The van der Waals surface area contributed by atoms with Crippen LogP contribution < -0.4 is 9.47 Å². The highest BCUT2D eigenvalue weighted by Gasteiger charge is 2.31. The third kappa shape index (κ3) is 6.62. The van der Waals surface area contributed by atoms with Gasteiger partial charge in [-0.05, 0) is 76.9 Å². The molecule has 8 heteroatoms. The predicted molar refractivity (Wildman–Crippen MR) is 138 cm³/mol. The van der Waals surface area contributed by atoms with Crippen molar-refractivity contribution in [1.29, 1.82) is 0 Å². The van der Waals surface area contributed by atoms with Gasteiger partial charge in [0, 0.05) is 5.41 Å². The molecule has 0 aliphatic heterocycles. The van der Waals surface area contributed by atoms with E-state index in [0.29, 0.717) is 31.6 Å². The van der Waals surface area contributed by atoms with Crippen molar-refractivity contribution in [3.05, 3.63) is 55.5 Å². The average Bonchev–Trinajstić information content (AvgIpc) is 2.65. The van der Waals surface area contributed by atoms with Gasteiger partial charge in [0.1, 0.15) is 12.2 Å². The topological polar surface area (TPSA) is 58.9 Å². The van der Waals surface area contributed by atoms with Crippen molar-refractivity contribution in [2.45, 2.75) is 84.2 Å². The molecule has 0 spiro atoms.